The molecular formula is C21H27N3O3. The maximum atomic E-state index is 12.3. The van der Waals surface area contributed by atoms with E-state index in [2.05, 4.69) is 15.2 Å². The van der Waals surface area contributed by atoms with E-state index in [1.807, 2.05) is 48.7 Å². The van der Waals surface area contributed by atoms with Crippen LogP contribution in [0.3, 0.4) is 0 Å². The van der Waals surface area contributed by atoms with Crippen molar-refractivity contribution in [2.45, 2.75) is 37.6 Å². The number of nitrogens with one attached hydrogen (secondary N) is 1. The fraction of sp³-hybridized carbons (Fsp3) is 0.429. The molecule has 0 spiro atoms. The van der Waals surface area contributed by atoms with Crippen molar-refractivity contribution in [1.29, 1.82) is 0 Å². The summed E-state index contributed by atoms with van der Waals surface area (Å²) in [5, 5.41) is 14.1. The van der Waals surface area contributed by atoms with Crippen LogP contribution in [0.15, 0.2) is 54.9 Å². The predicted octanol–water partition coefficient (Wildman–Crippen LogP) is 1.91. The Bertz CT molecular complexity index is 737. The second-order valence-corrected chi connectivity index (χ2v) is 7.27. The second kappa shape index (κ2) is 8.61. The highest BCUT2D eigenvalue weighted by molar-refractivity contribution is 5.77. The Balaban J connectivity index is 1.94. The van der Waals surface area contributed by atoms with Crippen LogP contribution in [0.1, 0.15) is 30.5 Å². The summed E-state index contributed by atoms with van der Waals surface area (Å²) in [6.07, 6.45) is 4.18. The highest BCUT2D eigenvalue weighted by Gasteiger charge is 2.46. The average Bonchev–Trinajstić information content (AvgIpc) is 2.66. The SMILES string of the molecule is COCC(=O)N[C@H]1[C@H](c2ccccc2)N(Cc2cccnc2)CC[C@@]1(C)O. The van der Waals surface area contributed by atoms with E-state index in [1.54, 1.807) is 13.1 Å². The molecule has 1 aromatic carbocycles. The van der Waals surface area contributed by atoms with Crippen LogP contribution in [0, 0.1) is 0 Å². The van der Waals surface area contributed by atoms with E-state index in [9.17, 15) is 9.90 Å². The number of aliphatic hydroxyl groups is 1. The van der Waals surface area contributed by atoms with Gasteiger partial charge in [0.05, 0.1) is 17.7 Å². The average molecular weight is 369 g/mol. The van der Waals surface area contributed by atoms with Crippen molar-refractivity contribution < 1.29 is 14.6 Å². The Morgan fingerprint density at radius 1 is 1.33 bits per heavy atom. The van der Waals surface area contributed by atoms with Gasteiger partial charge in [0.25, 0.3) is 0 Å². The summed E-state index contributed by atoms with van der Waals surface area (Å²) >= 11 is 0. The zero-order chi connectivity index (χ0) is 19.3. The van der Waals surface area contributed by atoms with Crippen molar-refractivity contribution in [2.24, 2.45) is 0 Å². The van der Waals surface area contributed by atoms with Crippen LogP contribution in [0.25, 0.3) is 0 Å². The van der Waals surface area contributed by atoms with Crippen LogP contribution in [-0.4, -0.2) is 52.8 Å². The van der Waals surface area contributed by atoms with Gasteiger partial charge in [-0.05, 0) is 30.5 Å². The predicted molar refractivity (Wildman–Crippen MR) is 103 cm³/mol. The van der Waals surface area contributed by atoms with Gasteiger partial charge in [-0.2, -0.15) is 0 Å². The van der Waals surface area contributed by atoms with E-state index in [0.717, 1.165) is 17.7 Å². The summed E-state index contributed by atoms with van der Waals surface area (Å²) in [7, 11) is 1.49. The third-order valence-corrected chi connectivity index (χ3v) is 5.13. The lowest BCUT2D eigenvalue weighted by Crippen LogP contribution is -2.62. The van der Waals surface area contributed by atoms with Gasteiger partial charge < -0.3 is 15.2 Å². The number of piperidine rings is 1. The Kier molecular flexibility index (Phi) is 6.21. The van der Waals surface area contributed by atoms with Gasteiger partial charge in [-0.3, -0.25) is 14.7 Å². The van der Waals surface area contributed by atoms with Gasteiger partial charge in [-0.1, -0.05) is 36.4 Å². The first-order chi connectivity index (χ1) is 13.0. The monoisotopic (exact) mass is 369 g/mol. The molecule has 1 aliphatic rings. The van der Waals surface area contributed by atoms with Gasteiger partial charge >= 0.3 is 0 Å². The number of ether oxygens (including phenoxy) is 1. The smallest absolute Gasteiger partial charge is 0.246 e. The summed E-state index contributed by atoms with van der Waals surface area (Å²) < 4.78 is 4.96. The molecule has 0 aliphatic carbocycles. The van der Waals surface area contributed by atoms with E-state index >= 15 is 0 Å². The second-order valence-electron chi connectivity index (χ2n) is 7.27. The van der Waals surface area contributed by atoms with Crippen LogP contribution in [0.4, 0.5) is 0 Å². The minimum Gasteiger partial charge on any atom is -0.388 e. The molecule has 1 aromatic heterocycles. The third-order valence-electron chi connectivity index (χ3n) is 5.13. The van der Waals surface area contributed by atoms with Crippen LogP contribution in [0.5, 0.6) is 0 Å². The largest absolute Gasteiger partial charge is 0.388 e. The van der Waals surface area contributed by atoms with Crippen LogP contribution >= 0.6 is 0 Å². The number of methoxy groups -OCH3 is 1. The lowest BCUT2D eigenvalue weighted by molar-refractivity contribution is -0.132. The van der Waals surface area contributed by atoms with Crippen molar-refractivity contribution in [3.63, 3.8) is 0 Å². The summed E-state index contributed by atoms with van der Waals surface area (Å²) in [4.78, 5) is 18.8. The molecule has 27 heavy (non-hydrogen) atoms. The van der Waals surface area contributed by atoms with Gasteiger partial charge in [0, 0.05) is 32.6 Å². The molecule has 2 N–H and O–H groups in total. The van der Waals surface area contributed by atoms with Gasteiger partial charge in [0.2, 0.25) is 5.91 Å². The van der Waals surface area contributed by atoms with Crippen molar-refractivity contribution >= 4 is 5.91 Å². The van der Waals surface area contributed by atoms with Gasteiger partial charge in [-0.15, -0.1) is 0 Å². The molecule has 1 amide bonds. The number of aromatic nitrogens is 1. The number of hydrogen-bond donors (Lipinski definition) is 2. The molecule has 6 nitrogen and oxygen atoms in total. The number of hydrogen-bond acceptors (Lipinski definition) is 5. The summed E-state index contributed by atoms with van der Waals surface area (Å²) in [5.41, 5.74) is 1.14. The molecule has 6 heteroatoms. The highest BCUT2D eigenvalue weighted by Crippen LogP contribution is 2.37. The first kappa shape index (κ1) is 19.5. The van der Waals surface area contributed by atoms with Gasteiger partial charge in [0.15, 0.2) is 0 Å². The maximum absolute atomic E-state index is 12.3. The molecule has 0 bridgehead atoms. The summed E-state index contributed by atoms with van der Waals surface area (Å²) in [6.45, 7) is 3.18. The molecule has 2 heterocycles. The number of likely N-dealkylation sites (tertiary alicyclic amines) is 1. The van der Waals surface area contributed by atoms with Crippen molar-refractivity contribution in [1.82, 2.24) is 15.2 Å². The Labute approximate surface area is 160 Å². The van der Waals surface area contributed by atoms with Gasteiger partial charge in [-0.25, -0.2) is 0 Å². The van der Waals surface area contributed by atoms with E-state index in [4.69, 9.17) is 4.74 Å². The third kappa shape index (κ3) is 4.71. The molecule has 1 aliphatic heterocycles. The number of pyridine rings is 1. The zero-order valence-electron chi connectivity index (χ0n) is 15.8. The fourth-order valence-electron chi connectivity index (χ4n) is 3.75. The Morgan fingerprint density at radius 2 is 2.11 bits per heavy atom. The normalized spacial score (nSPS) is 25.9. The maximum Gasteiger partial charge on any atom is 0.246 e. The molecule has 1 saturated heterocycles. The molecule has 2 aromatic rings. The van der Waals surface area contributed by atoms with Gasteiger partial charge in [0.1, 0.15) is 6.61 Å². The van der Waals surface area contributed by atoms with E-state index in [-0.39, 0.29) is 18.6 Å². The molecule has 0 radical (unpaired) electrons. The van der Waals surface area contributed by atoms with Crippen molar-refractivity contribution in [3.8, 4) is 0 Å². The van der Waals surface area contributed by atoms with E-state index in [0.29, 0.717) is 13.0 Å². The quantitative estimate of drug-likeness (QED) is 0.814. The molecule has 1 fully saturated rings. The van der Waals surface area contributed by atoms with Crippen LogP contribution < -0.4 is 5.32 Å². The van der Waals surface area contributed by atoms with Crippen LogP contribution in [-0.2, 0) is 16.1 Å². The molecule has 3 atom stereocenters. The number of amides is 1. The number of carbonyl (C=O) groups excluding carboxylic acids is 1. The van der Waals surface area contributed by atoms with Crippen molar-refractivity contribution in [3.05, 3.63) is 66.0 Å². The molecule has 0 saturated carbocycles. The minimum absolute atomic E-state index is 0.0311. The molecule has 0 unspecified atom stereocenters. The highest BCUT2D eigenvalue weighted by atomic mass is 16.5. The molecular weight excluding hydrogens is 342 g/mol. The topological polar surface area (TPSA) is 74.7 Å². The number of nitrogens with zero attached hydrogens (tertiary/aromatic N) is 2. The fourth-order valence-corrected chi connectivity index (χ4v) is 3.75. The molecule has 3 rings (SSSR count). The Hall–Kier alpha value is -2.28. The lowest BCUT2D eigenvalue weighted by atomic mass is 9.79. The minimum atomic E-state index is -1.02. The first-order valence-electron chi connectivity index (χ1n) is 9.20. The zero-order valence-corrected chi connectivity index (χ0v) is 15.8. The van der Waals surface area contributed by atoms with E-state index in [1.165, 1.54) is 7.11 Å². The number of carbonyl (C=O) groups is 1. The summed E-state index contributed by atoms with van der Waals surface area (Å²) in [6, 6.07) is 13.4. The first-order valence-corrected chi connectivity index (χ1v) is 9.20. The lowest BCUT2D eigenvalue weighted by Gasteiger charge is -2.49. The van der Waals surface area contributed by atoms with E-state index < -0.39 is 11.6 Å². The standard InChI is InChI=1S/C21H27N3O3/c1-21(26)10-12-24(14-16-7-6-11-22-13-16)19(17-8-4-3-5-9-17)20(21)23-18(25)15-27-2/h3-9,11,13,19-20,26H,10,12,14-15H2,1-2H3,(H,23,25)/t19-,20-,21+/m0/s1. The van der Waals surface area contributed by atoms with Crippen molar-refractivity contribution in [2.75, 3.05) is 20.3 Å². The molecule has 144 valence electrons. The van der Waals surface area contributed by atoms with Crippen LogP contribution in [0.2, 0.25) is 0 Å². The summed E-state index contributed by atoms with van der Waals surface area (Å²) in [5.74, 6) is -0.230. The number of rotatable bonds is 6. The Morgan fingerprint density at radius 3 is 2.78 bits per heavy atom. The number of benzene rings is 1.